The Morgan fingerprint density at radius 1 is 1.31 bits per heavy atom. The SMILES string of the molecule is CCC(NC)C1(OC)CCCCC1. The van der Waals surface area contributed by atoms with E-state index in [1.165, 1.54) is 32.1 Å². The van der Waals surface area contributed by atoms with Gasteiger partial charge in [-0.3, -0.25) is 0 Å². The van der Waals surface area contributed by atoms with Crippen molar-refractivity contribution in [2.24, 2.45) is 0 Å². The van der Waals surface area contributed by atoms with Gasteiger partial charge in [0, 0.05) is 13.2 Å². The van der Waals surface area contributed by atoms with Crippen molar-refractivity contribution < 1.29 is 4.74 Å². The molecule has 1 fully saturated rings. The van der Waals surface area contributed by atoms with Crippen LogP contribution in [0.3, 0.4) is 0 Å². The molecule has 0 aromatic heterocycles. The molecule has 1 N–H and O–H groups in total. The Morgan fingerprint density at radius 2 is 1.92 bits per heavy atom. The summed E-state index contributed by atoms with van der Waals surface area (Å²) in [6.07, 6.45) is 7.64. The van der Waals surface area contributed by atoms with E-state index in [4.69, 9.17) is 4.74 Å². The van der Waals surface area contributed by atoms with Crippen molar-refractivity contribution in [2.45, 2.75) is 57.1 Å². The molecular formula is C11H23NO. The summed E-state index contributed by atoms with van der Waals surface area (Å²) >= 11 is 0. The number of nitrogens with one attached hydrogen (secondary N) is 1. The van der Waals surface area contributed by atoms with Crippen molar-refractivity contribution in [3.8, 4) is 0 Å². The minimum absolute atomic E-state index is 0.127. The zero-order valence-electron chi connectivity index (χ0n) is 9.23. The Balaban J connectivity index is 2.64. The molecule has 1 rings (SSSR count). The molecule has 0 bridgehead atoms. The predicted octanol–water partition coefficient (Wildman–Crippen LogP) is 2.33. The lowest BCUT2D eigenvalue weighted by molar-refractivity contribution is -0.0665. The topological polar surface area (TPSA) is 21.3 Å². The van der Waals surface area contributed by atoms with Gasteiger partial charge in [-0.2, -0.15) is 0 Å². The molecule has 0 aromatic rings. The van der Waals surface area contributed by atoms with Crippen LogP contribution in [-0.4, -0.2) is 25.8 Å². The van der Waals surface area contributed by atoms with Gasteiger partial charge in [0.15, 0.2) is 0 Å². The van der Waals surface area contributed by atoms with E-state index < -0.39 is 0 Å². The highest BCUT2D eigenvalue weighted by atomic mass is 16.5. The molecule has 0 radical (unpaired) electrons. The van der Waals surface area contributed by atoms with Crippen LogP contribution >= 0.6 is 0 Å². The van der Waals surface area contributed by atoms with Crippen molar-refractivity contribution >= 4 is 0 Å². The highest BCUT2D eigenvalue weighted by Crippen LogP contribution is 2.34. The van der Waals surface area contributed by atoms with Crippen LogP contribution in [0.1, 0.15) is 45.4 Å². The molecule has 78 valence electrons. The highest BCUT2D eigenvalue weighted by Gasteiger charge is 2.37. The predicted molar refractivity (Wildman–Crippen MR) is 56.0 cm³/mol. The summed E-state index contributed by atoms with van der Waals surface area (Å²) in [7, 11) is 3.91. The van der Waals surface area contributed by atoms with Crippen LogP contribution in [0.4, 0.5) is 0 Å². The number of hydrogen-bond acceptors (Lipinski definition) is 2. The molecule has 0 heterocycles. The van der Waals surface area contributed by atoms with Crippen LogP contribution in [0.5, 0.6) is 0 Å². The summed E-state index contributed by atoms with van der Waals surface area (Å²) in [5, 5.41) is 3.39. The molecule has 0 aliphatic heterocycles. The van der Waals surface area contributed by atoms with E-state index in [2.05, 4.69) is 12.2 Å². The third-order valence-electron chi connectivity index (χ3n) is 3.50. The molecule has 0 spiro atoms. The fraction of sp³-hybridized carbons (Fsp3) is 1.00. The van der Waals surface area contributed by atoms with Gasteiger partial charge >= 0.3 is 0 Å². The lowest BCUT2D eigenvalue weighted by Gasteiger charge is -2.42. The minimum atomic E-state index is 0.127. The van der Waals surface area contributed by atoms with Crippen LogP contribution in [0.25, 0.3) is 0 Å². The van der Waals surface area contributed by atoms with Crippen molar-refractivity contribution in [3.63, 3.8) is 0 Å². The van der Waals surface area contributed by atoms with E-state index in [0.717, 1.165) is 6.42 Å². The fourth-order valence-corrected chi connectivity index (χ4v) is 2.68. The first-order valence-electron chi connectivity index (χ1n) is 5.51. The van der Waals surface area contributed by atoms with Crippen LogP contribution < -0.4 is 5.32 Å². The molecule has 0 aromatic carbocycles. The first-order valence-corrected chi connectivity index (χ1v) is 5.51. The molecule has 1 aliphatic rings. The van der Waals surface area contributed by atoms with Crippen molar-refractivity contribution in [1.82, 2.24) is 5.32 Å². The maximum atomic E-state index is 5.76. The van der Waals surface area contributed by atoms with Gasteiger partial charge in [-0.15, -0.1) is 0 Å². The smallest absolute Gasteiger partial charge is 0.0830 e. The van der Waals surface area contributed by atoms with E-state index in [1.54, 1.807) is 0 Å². The summed E-state index contributed by atoms with van der Waals surface area (Å²) in [4.78, 5) is 0. The Morgan fingerprint density at radius 3 is 2.31 bits per heavy atom. The van der Waals surface area contributed by atoms with Crippen LogP contribution in [-0.2, 0) is 4.74 Å². The minimum Gasteiger partial charge on any atom is -0.377 e. The molecule has 1 aliphatic carbocycles. The van der Waals surface area contributed by atoms with Crippen molar-refractivity contribution in [1.29, 1.82) is 0 Å². The Bertz CT molecular complexity index is 137. The summed E-state index contributed by atoms with van der Waals surface area (Å²) in [6, 6.07) is 0.526. The van der Waals surface area contributed by atoms with Gasteiger partial charge in [-0.05, 0) is 26.3 Å². The summed E-state index contributed by atoms with van der Waals surface area (Å²) in [6.45, 7) is 2.23. The molecule has 0 amide bonds. The Kier molecular flexibility index (Phi) is 4.20. The second-order valence-electron chi connectivity index (χ2n) is 4.08. The quantitative estimate of drug-likeness (QED) is 0.726. The number of ether oxygens (including phenoxy) is 1. The largest absolute Gasteiger partial charge is 0.377 e. The zero-order chi connectivity index (χ0) is 9.73. The third kappa shape index (κ3) is 2.23. The summed E-state index contributed by atoms with van der Waals surface area (Å²) < 4.78 is 5.76. The van der Waals surface area contributed by atoms with Gasteiger partial charge in [0.05, 0.1) is 5.60 Å². The number of rotatable bonds is 4. The molecule has 13 heavy (non-hydrogen) atoms. The van der Waals surface area contributed by atoms with E-state index >= 15 is 0 Å². The average molecular weight is 185 g/mol. The summed E-state index contributed by atoms with van der Waals surface area (Å²) in [5.41, 5.74) is 0.127. The first kappa shape index (κ1) is 11.0. The number of likely N-dealkylation sites (N-methyl/N-ethyl adjacent to an activating group) is 1. The summed E-state index contributed by atoms with van der Waals surface area (Å²) in [5.74, 6) is 0. The molecule has 1 saturated carbocycles. The Hall–Kier alpha value is -0.0800. The van der Waals surface area contributed by atoms with Gasteiger partial charge in [-0.1, -0.05) is 26.2 Å². The second-order valence-corrected chi connectivity index (χ2v) is 4.08. The number of methoxy groups -OCH3 is 1. The van der Waals surface area contributed by atoms with Gasteiger partial charge < -0.3 is 10.1 Å². The van der Waals surface area contributed by atoms with Gasteiger partial charge in [-0.25, -0.2) is 0 Å². The maximum Gasteiger partial charge on any atom is 0.0830 e. The lowest BCUT2D eigenvalue weighted by Crippen LogP contribution is -2.51. The molecule has 0 saturated heterocycles. The second kappa shape index (κ2) is 4.97. The first-order chi connectivity index (χ1) is 6.29. The highest BCUT2D eigenvalue weighted by molar-refractivity contribution is 4.93. The average Bonchev–Trinajstić information content (AvgIpc) is 2.21. The monoisotopic (exact) mass is 185 g/mol. The van der Waals surface area contributed by atoms with Crippen molar-refractivity contribution in [2.75, 3.05) is 14.2 Å². The van der Waals surface area contributed by atoms with Gasteiger partial charge in [0.25, 0.3) is 0 Å². The molecule has 1 unspecified atom stereocenters. The van der Waals surface area contributed by atoms with E-state index in [-0.39, 0.29) is 5.60 Å². The van der Waals surface area contributed by atoms with Gasteiger partial charge in [0.1, 0.15) is 0 Å². The molecular weight excluding hydrogens is 162 g/mol. The maximum absolute atomic E-state index is 5.76. The number of hydrogen-bond donors (Lipinski definition) is 1. The Labute approximate surface area is 82.0 Å². The molecule has 2 heteroatoms. The van der Waals surface area contributed by atoms with E-state index in [9.17, 15) is 0 Å². The fourth-order valence-electron chi connectivity index (χ4n) is 2.68. The third-order valence-corrected chi connectivity index (χ3v) is 3.50. The lowest BCUT2D eigenvalue weighted by atomic mass is 9.78. The zero-order valence-corrected chi connectivity index (χ0v) is 9.23. The standard InChI is InChI=1S/C11H23NO/c1-4-10(12-2)11(13-3)8-6-5-7-9-11/h10,12H,4-9H2,1-3H3. The molecule has 2 nitrogen and oxygen atoms in total. The van der Waals surface area contributed by atoms with Gasteiger partial charge in [0.2, 0.25) is 0 Å². The van der Waals surface area contributed by atoms with E-state index in [0.29, 0.717) is 6.04 Å². The van der Waals surface area contributed by atoms with Crippen molar-refractivity contribution in [3.05, 3.63) is 0 Å². The normalized spacial score (nSPS) is 24.2. The van der Waals surface area contributed by atoms with Crippen LogP contribution in [0.2, 0.25) is 0 Å². The molecule has 1 atom stereocenters. The van der Waals surface area contributed by atoms with E-state index in [1.807, 2.05) is 14.2 Å². The van der Waals surface area contributed by atoms with Crippen LogP contribution in [0, 0.1) is 0 Å². The van der Waals surface area contributed by atoms with Crippen LogP contribution in [0.15, 0.2) is 0 Å².